The maximum absolute atomic E-state index is 12.1. The van der Waals surface area contributed by atoms with Gasteiger partial charge in [0.25, 0.3) is 5.91 Å². The first-order valence-electron chi connectivity index (χ1n) is 6.16. The summed E-state index contributed by atoms with van der Waals surface area (Å²) in [6.45, 7) is 0.204. The van der Waals surface area contributed by atoms with Crippen molar-refractivity contribution in [1.82, 2.24) is 15.1 Å². The number of urea groups is 1. The SMILES string of the molecule is O=C(O)CC1COCCN1C(=O)CN1C(=O)CNC1=O. The van der Waals surface area contributed by atoms with Crippen LogP contribution in [-0.4, -0.2) is 77.6 Å². The number of hydrogen-bond donors (Lipinski definition) is 2. The van der Waals surface area contributed by atoms with Crippen molar-refractivity contribution < 1.29 is 29.0 Å². The van der Waals surface area contributed by atoms with Crippen molar-refractivity contribution in [3.8, 4) is 0 Å². The number of aliphatic carboxylic acids is 1. The largest absolute Gasteiger partial charge is 0.481 e. The summed E-state index contributed by atoms with van der Waals surface area (Å²) in [6.07, 6.45) is -0.230. The summed E-state index contributed by atoms with van der Waals surface area (Å²) in [5.41, 5.74) is 0. The Morgan fingerprint density at radius 2 is 2.15 bits per heavy atom. The van der Waals surface area contributed by atoms with Gasteiger partial charge in [-0.25, -0.2) is 4.79 Å². The fourth-order valence-electron chi connectivity index (χ4n) is 2.20. The predicted octanol–water partition coefficient (Wildman–Crippen LogP) is -1.76. The highest BCUT2D eigenvalue weighted by molar-refractivity contribution is 6.04. The molecule has 2 N–H and O–H groups in total. The molecule has 1 atom stereocenters. The normalized spacial score (nSPS) is 22.9. The number of morpholine rings is 1. The summed E-state index contributed by atoms with van der Waals surface area (Å²) < 4.78 is 5.16. The molecule has 0 aliphatic carbocycles. The Kier molecular flexibility index (Phi) is 4.18. The molecule has 0 bridgehead atoms. The van der Waals surface area contributed by atoms with Gasteiger partial charge in [-0.3, -0.25) is 19.3 Å². The molecule has 9 nitrogen and oxygen atoms in total. The maximum atomic E-state index is 12.1. The standard InChI is InChI=1S/C11H15N3O6/c15-8-4-12-11(19)14(8)5-9(16)13-1-2-20-6-7(13)3-10(17)18/h7H,1-6H2,(H,12,19)(H,17,18). The van der Waals surface area contributed by atoms with E-state index in [1.807, 2.05) is 0 Å². The average Bonchev–Trinajstić information content (AvgIpc) is 2.70. The zero-order valence-corrected chi connectivity index (χ0v) is 10.7. The number of carboxylic acid groups (broad SMARTS) is 1. The Labute approximate surface area is 114 Å². The summed E-state index contributed by atoms with van der Waals surface area (Å²) >= 11 is 0. The lowest BCUT2D eigenvalue weighted by Gasteiger charge is -2.35. The van der Waals surface area contributed by atoms with E-state index in [4.69, 9.17) is 9.84 Å². The first-order valence-corrected chi connectivity index (χ1v) is 6.16. The van der Waals surface area contributed by atoms with Gasteiger partial charge >= 0.3 is 12.0 Å². The van der Waals surface area contributed by atoms with Gasteiger partial charge in [-0.2, -0.15) is 0 Å². The molecular formula is C11H15N3O6. The van der Waals surface area contributed by atoms with Crippen LogP contribution in [0.1, 0.15) is 6.42 Å². The summed E-state index contributed by atoms with van der Waals surface area (Å²) in [6, 6.07) is -1.18. The Bertz CT molecular complexity index is 435. The van der Waals surface area contributed by atoms with Crippen LogP contribution >= 0.6 is 0 Å². The van der Waals surface area contributed by atoms with Crippen molar-refractivity contribution in [2.45, 2.75) is 12.5 Å². The Balaban J connectivity index is 2.00. The second-order valence-corrected chi connectivity index (χ2v) is 4.55. The number of carbonyl (C=O) groups is 4. The van der Waals surface area contributed by atoms with Gasteiger partial charge in [0.15, 0.2) is 0 Å². The van der Waals surface area contributed by atoms with Gasteiger partial charge in [0.2, 0.25) is 5.91 Å². The maximum Gasteiger partial charge on any atom is 0.325 e. The topological polar surface area (TPSA) is 116 Å². The highest BCUT2D eigenvalue weighted by Crippen LogP contribution is 2.12. The molecule has 110 valence electrons. The van der Waals surface area contributed by atoms with Gasteiger partial charge in [-0.05, 0) is 0 Å². The summed E-state index contributed by atoms with van der Waals surface area (Å²) in [5.74, 6) is -1.95. The monoisotopic (exact) mass is 285 g/mol. The molecule has 2 rings (SSSR count). The molecule has 2 fully saturated rings. The molecule has 0 aromatic carbocycles. The zero-order chi connectivity index (χ0) is 14.7. The highest BCUT2D eigenvalue weighted by Gasteiger charge is 2.35. The number of imide groups is 1. The van der Waals surface area contributed by atoms with Crippen molar-refractivity contribution in [2.75, 3.05) is 32.8 Å². The van der Waals surface area contributed by atoms with Gasteiger partial charge in [-0.1, -0.05) is 0 Å². The Hall–Kier alpha value is -2.16. The molecule has 0 saturated carbocycles. The van der Waals surface area contributed by atoms with E-state index in [0.717, 1.165) is 4.90 Å². The van der Waals surface area contributed by atoms with Crippen molar-refractivity contribution in [3.63, 3.8) is 0 Å². The number of ether oxygens (including phenoxy) is 1. The van der Waals surface area contributed by atoms with E-state index in [2.05, 4.69) is 5.32 Å². The minimum absolute atomic E-state index is 0.117. The predicted molar refractivity (Wildman–Crippen MR) is 63.7 cm³/mol. The fraction of sp³-hybridized carbons (Fsp3) is 0.636. The molecule has 2 aliphatic rings. The average molecular weight is 285 g/mol. The van der Waals surface area contributed by atoms with Gasteiger partial charge in [0.05, 0.1) is 32.2 Å². The summed E-state index contributed by atoms with van der Waals surface area (Å²) in [4.78, 5) is 47.9. The molecule has 0 spiro atoms. The molecule has 2 heterocycles. The second-order valence-electron chi connectivity index (χ2n) is 4.55. The number of nitrogens with zero attached hydrogens (tertiary/aromatic N) is 2. The van der Waals surface area contributed by atoms with E-state index < -0.39 is 29.9 Å². The van der Waals surface area contributed by atoms with E-state index in [-0.39, 0.29) is 32.7 Å². The molecule has 0 radical (unpaired) electrons. The van der Waals surface area contributed by atoms with Crippen LogP contribution < -0.4 is 5.32 Å². The van der Waals surface area contributed by atoms with Crippen LogP contribution in [0.15, 0.2) is 0 Å². The summed E-state index contributed by atoms with van der Waals surface area (Å²) in [7, 11) is 0. The lowest BCUT2D eigenvalue weighted by atomic mass is 10.1. The van der Waals surface area contributed by atoms with Crippen molar-refractivity contribution in [3.05, 3.63) is 0 Å². The minimum atomic E-state index is -1.03. The third-order valence-corrected chi connectivity index (χ3v) is 3.19. The third-order valence-electron chi connectivity index (χ3n) is 3.19. The van der Waals surface area contributed by atoms with E-state index in [0.29, 0.717) is 6.61 Å². The van der Waals surface area contributed by atoms with Crippen LogP contribution in [0.25, 0.3) is 0 Å². The van der Waals surface area contributed by atoms with Gasteiger partial charge < -0.3 is 20.1 Å². The molecule has 0 aromatic rings. The van der Waals surface area contributed by atoms with Crippen LogP contribution in [0.3, 0.4) is 0 Å². The van der Waals surface area contributed by atoms with Crippen LogP contribution in [0, 0.1) is 0 Å². The van der Waals surface area contributed by atoms with Gasteiger partial charge in [-0.15, -0.1) is 0 Å². The zero-order valence-electron chi connectivity index (χ0n) is 10.7. The van der Waals surface area contributed by atoms with Gasteiger partial charge in [0.1, 0.15) is 6.54 Å². The minimum Gasteiger partial charge on any atom is -0.481 e. The molecule has 9 heteroatoms. The van der Waals surface area contributed by atoms with E-state index in [9.17, 15) is 19.2 Å². The Morgan fingerprint density at radius 1 is 1.40 bits per heavy atom. The summed E-state index contributed by atoms with van der Waals surface area (Å²) in [5, 5.41) is 11.1. The number of carboxylic acids is 1. The number of nitrogens with one attached hydrogen (secondary N) is 1. The van der Waals surface area contributed by atoms with Crippen LogP contribution in [0.4, 0.5) is 4.79 Å². The molecule has 2 saturated heterocycles. The molecular weight excluding hydrogens is 270 g/mol. The molecule has 2 aliphatic heterocycles. The Morgan fingerprint density at radius 3 is 2.75 bits per heavy atom. The van der Waals surface area contributed by atoms with Crippen molar-refractivity contribution >= 4 is 23.8 Å². The number of amides is 4. The number of carbonyl (C=O) groups excluding carboxylic acids is 3. The molecule has 1 unspecified atom stereocenters. The van der Waals surface area contributed by atoms with E-state index >= 15 is 0 Å². The van der Waals surface area contributed by atoms with E-state index in [1.165, 1.54) is 4.90 Å². The third kappa shape index (κ3) is 3.05. The number of hydrogen-bond acceptors (Lipinski definition) is 5. The van der Waals surface area contributed by atoms with E-state index in [1.54, 1.807) is 0 Å². The lowest BCUT2D eigenvalue weighted by Crippen LogP contribution is -2.53. The second kappa shape index (κ2) is 5.87. The van der Waals surface area contributed by atoms with Crippen LogP contribution in [0.5, 0.6) is 0 Å². The van der Waals surface area contributed by atoms with Crippen molar-refractivity contribution in [2.24, 2.45) is 0 Å². The molecule has 0 aromatic heterocycles. The highest BCUT2D eigenvalue weighted by atomic mass is 16.5. The van der Waals surface area contributed by atoms with Crippen LogP contribution in [-0.2, 0) is 19.1 Å². The quantitative estimate of drug-likeness (QED) is 0.591. The van der Waals surface area contributed by atoms with Crippen molar-refractivity contribution in [1.29, 1.82) is 0 Å². The first kappa shape index (κ1) is 14.3. The van der Waals surface area contributed by atoms with Crippen LogP contribution in [0.2, 0.25) is 0 Å². The fourth-order valence-corrected chi connectivity index (χ4v) is 2.20. The van der Waals surface area contributed by atoms with Gasteiger partial charge in [0, 0.05) is 6.54 Å². The smallest absolute Gasteiger partial charge is 0.325 e. The molecule has 20 heavy (non-hydrogen) atoms. The lowest BCUT2D eigenvalue weighted by molar-refractivity contribution is -0.148. The number of rotatable bonds is 4. The first-order chi connectivity index (χ1) is 9.49. The molecule has 4 amide bonds.